The molecule has 1 heterocycles. The number of fused-ring (bicyclic) bond motifs is 1. The van der Waals surface area contributed by atoms with Crippen molar-refractivity contribution in [1.82, 2.24) is 9.66 Å². The first-order valence-electron chi connectivity index (χ1n) is 11.7. The summed E-state index contributed by atoms with van der Waals surface area (Å²) in [7, 11) is 1.54. The van der Waals surface area contributed by atoms with Gasteiger partial charge >= 0.3 is 0 Å². The van der Waals surface area contributed by atoms with Crippen LogP contribution in [0.25, 0.3) is 10.9 Å². The summed E-state index contributed by atoms with van der Waals surface area (Å²) in [5.74, 6) is 1.61. The number of nitrogens with zero attached hydrogens (tertiary/aromatic N) is 4. The van der Waals surface area contributed by atoms with E-state index in [9.17, 15) is 14.9 Å². The normalized spacial score (nSPS) is 11.2. The number of non-ortho nitro benzene ring substituents is 1. The van der Waals surface area contributed by atoms with Gasteiger partial charge in [0.2, 0.25) is 0 Å². The highest BCUT2D eigenvalue weighted by Crippen LogP contribution is 2.28. The molecule has 0 saturated heterocycles. The second-order valence-electron chi connectivity index (χ2n) is 8.28. The molecular weight excluding hydrogens is 540 g/mol. The Hall–Kier alpha value is -4.05. The highest BCUT2D eigenvalue weighted by atomic mass is 79.9. The second-order valence-corrected chi connectivity index (χ2v) is 9.19. The van der Waals surface area contributed by atoms with Crippen molar-refractivity contribution in [2.75, 3.05) is 7.11 Å². The van der Waals surface area contributed by atoms with E-state index < -0.39 is 4.92 Å². The third kappa shape index (κ3) is 6.21. The molecule has 0 aliphatic heterocycles. The van der Waals surface area contributed by atoms with Crippen LogP contribution in [0.5, 0.6) is 11.5 Å². The summed E-state index contributed by atoms with van der Waals surface area (Å²) in [5, 5.41) is 15.8. The lowest BCUT2D eigenvalue weighted by molar-refractivity contribution is -0.384. The zero-order valence-electron chi connectivity index (χ0n) is 20.4. The molecular formula is C27H25BrN4O5. The molecule has 0 fully saturated rings. The Labute approximate surface area is 221 Å². The van der Waals surface area contributed by atoms with Crippen LogP contribution >= 0.6 is 15.9 Å². The molecule has 1 aromatic heterocycles. The summed E-state index contributed by atoms with van der Waals surface area (Å²) in [5.41, 5.74) is 1.93. The molecule has 0 radical (unpaired) electrons. The monoisotopic (exact) mass is 564 g/mol. The maximum atomic E-state index is 13.2. The van der Waals surface area contributed by atoms with Crippen LogP contribution in [0.1, 0.15) is 36.7 Å². The van der Waals surface area contributed by atoms with Gasteiger partial charge in [-0.15, -0.1) is 0 Å². The van der Waals surface area contributed by atoms with Crippen LogP contribution in [-0.4, -0.2) is 27.9 Å². The van der Waals surface area contributed by atoms with Crippen LogP contribution < -0.4 is 15.0 Å². The molecule has 0 spiro atoms. The van der Waals surface area contributed by atoms with Crippen molar-refractivity contribution in [1.29, 1.82) is 0 Å². The number of methoxy groups -OCH3 is 1. The fourth-order valence-corrected chi connectivity index (χ4v) is 4.05. The lowest BCUT2D eigenvalue weighted by Gasteiger charge is -2.12. The smallest absolute Gasteiger partial charge is 0.282 e. The van der Waals surface area contributed by atoms with Gasteiger partial charge in [-0.1, -0.05) is 29.3 Å². The highest BCUT2D eigenvalue weighted by molar-refractivity contribution is 9.10. The second kappa shape index (κ2) is 11.8. The number of unbranched alkanes of at least 4 members (excludes halogenated alkanes) is 1. The van der Waals surface area contributed by atoms with Crippen molar-refractivity contribution >= 4 is 38.7 Å². The lowest BCUT2D eigenvalue weighted by atomic mass is 10.2. The Morgan fingerprint density at radius 2 is 1.89 bits per heavy atom. The Morgan fingerprint density at radius 1 is 1.11 bits per heavy atom. The molecule has 0 amide bonds. The van der Waals surface area contributed by atoms with E-state index in [0.717, 1.165) is 22.9 Å². The average molecular weight is 565 g/mol. The van der Waals surface area contributed by atoms with Crippen LogP contribution in [0.15, 0.2) is 75.0 Å². The van der Waals surface area contributed by atoms with Gasteiger partial charge in [-0.25, -0.2) is 4.98 Å². The fraction of sp³-hybridized carbons (Fsp3) is 0.222. The van der Waals surface area contributed by atoms with Crippen LogP contribution in [-0.2, 0) is 13.0 Å². The first-order valence-corrected chi connectivity index (χ1v) is 12.5. The predicted molar refractivity (Wildman–Crippen MR) is 146 cm³/mol. The van der Waals surface area contributed by atoms with Crippen LogP contribution in [0, 0.1) is 10.1 Å². The first kappa shape index (κ1) is 26.0. The van der Waals surface area contributed by atoms with Gasteiger partial charge in [0.1, 0.15) is 12.4 Å². The summed E-state index contributed by atoms with van der Waals surface area (Å²) in [6, 6.07) is 16.9. The molecule has 0 saturated carbocycles. The minimum Gasteiger partial charge on any atom is -0.493 e. The Balaban J connectivity index is 1.58. The number of rotatable bonds is 10. The van der Waals surface area contributed by atoms with Gasteiger partial charge in [-0.2, -0.15) is 9.78 Å². The third-order valence-corrected chi connectivity index (χ3v) is 6.17. The Bertz CT molecular complexity index is 1520. The van der Waals surface area contributed by atoms with Gasteiger partial charge in [-0.05, 0) is 66.1 Å². The van der Waals surface area contributed by atoms with E-state index in [1.165, 1.54) is 23.9 Å². The first-order chi connectivity index (χ1) is 17.9. The number of hydrogen-bond acceptors (Lipinski definition) is 7. The Morgan fingerprint density at radius 3 is 2.59 bits per heavy atom. The van der Waals surface area contributed by atoms with Gasteiger partial charge in [0.05, 0.1) is 29.2 Å². The quantitative estimate of drug-likeness (QED) is 0.135. The summed E-state index contributed by atoms with van der Waals surface area (Å²) >= 11 is 3.42. The zero-order chi connectivity index (χ0) is 26.4. The highest BCUT2D eigenvalue weighted by Gasteiger charge is 2.12. The standard InChI is InChI=1S/C27H25BrN4O5/c1-3-4-5-26-30-23-12-9-20(28)15-22(23)27(33)31(26)29-16-19-8-13-24(25(14-19)36-2)37-17-18-6-10-21(11-7-18)32(34)35/h6-16H,3-5,17H2,1-2H3. The van der Waals surface area contributed by atoms with Gasteiger partial charge < -0.3 is 9.47 Å². The minimum absolute atomic E-state index is 0.0242. The van der Waals surface area contributed by atoms with Crippen molar-refractivity contribution in [2.45, 2.75) is 32.8 Å². The molecule has 37 heavy (non-hydrogen) atoms. The molecule has 4 rings (SSSR count). The predicted octanol–water partition coefficient (Wildman–Crippen LogP) is 5.88. The van der Waals surface area contributed by atoms with Crippen LogP contribution in [0.4, 0.5) is 5.69 Å². The van der Waals surface area contributed by atoms with E-state index in [1.54, 1.807) is 42.6 Å². The molecule has 0 N–H and O–H groups in total. The summed E-state index contributed by atoms with van der Waals surface area (Å²) < 4.78 is 13.5. The maximum Gasteiger partial charge on any atom is 0.282 e. The van der Waals surface area contributed by atoms with Gasteiger partial charge in [0, 0.05) is 23.0 Å². The molecule has 3 aromatic carbocycles. The number of halogens is 1. The molecule has 0 atom stereocenters. The van der Waals surface area contributed by atoms with E-state index in [2.05, 4.69) is 32.9 Å². The van der Waals surface area contributed by atoms with Crippen LogP contribution in [0.2, 0.25) is 0 Å². The molecule has 9 nitrogen and oxygen atoms in total. The number of aromatic nitrogens is 2. The number of nitro groups is 1. The van der Waals surface area contributed by atoms with E-state index in [-0.39, 0.29) is 17.9 Å². The Kier molecular flexibility index (Phi) is 8.29. The molecule has 4 aromatic rings. The van der Waals surface area contributed by atoms with E-state index in [4.69, 9.17) is 9.47 Å². The van der Waals surface area contributed by atoms with Crippen LogP contribution in [0.3, 0.4) is 0 Å². The topological polar surface area (TPSA) is 109 Å². The molecule has 10 heteroatoms. The number of ether oxygens (including phenoxy) is 2. The van der Waals surface area contributed by atoms with E-state index in [0.29, 0.717) is 40.2 Å². The SMILES string of the molecule is CCCCc1nc2ccc(Br)cc2c(=O)n1N=Cc1ccc(OCc2ccc([N+](=O)[O-])cc2)c(OC)c1. The number of nitro benzene ring substituents is 1. The number of aryl methyl sites for hydroxylation is 1. The minimum atomic E-state index is -0.443. The zero-order valence-corrected chi connectivity index (χ0v) is 22.0. The number of hydrogen-bond donors (Lipinski definition) is 0. The van der Waals surface area contributed by atoms with Crippen molar-refractivity contribution in [2.24, 2.45) is 5.10 Å². The van der Waals surface area contributed by atoms with E-state index >= 15 is 0 Å². The molecule has 190 valence electrons. The fourth-order valence-electron chi connectivity index (χ4n) is 3.69. The van der Waals surface area contributed by atoms with Gasteiger partial charge in [0.15, 0.2) is 11.5 Å². The van der Waals surface area contributed by atoms with Crippen molar-refractivity contribution in [3.63, 3.8) is 0 Å². The summed E-state index contributed by atoms with van der Waals surface area (Å²) in [6.45, 7) is 2.30. The van der Waals surface area contributed by atoms with Crippen molar-refractivity contribution < 1.29 is 14.4 Å². The largest absolute Gasteiger partial charge is 0.493 e. The molecule has 0 aliphatic carbocycles. The van der Waals surface area contributed by atoms with Crippen molar-refractivity contribution in [3.8, 4) is 11.5 Å². The number of benzene rings is 3. The average Bonchev–Trinajstić information content (AvgIpc) is 2.91. The van der Waals surface area contributed by atoms with Gasteiger partial charge in [0.25, 0.3) is 11.2 Å². The molecule has 0 bridgehead atoms. The van der Waals surface area contributed by atoms with E-state index in [1.807, 2.05) is 12.1 Å². The molecule has 0 aliphatic rings. The third-order valence-electron chi connectivity index (χ3n) is 5.68. The summed E-state index contributed by atoms with van der Waals surface area (Å²) in [4.78, 5) is 28.3. The maximum absolute atomic E-state index is 13.2. The van der Waals surface area contributed by atoms with Gasteiger partial charge in [-0.3, -0.25) is 14.9 Å². The van der Waals surface area contributed by atoms with Crippen molar-refractivity contribution in [3.05, 3.63) is 103 Å². The molecule has 0 unspecified atom stereocenters. The lowest BCUT2D eigenvalue weighted by Crippen LogP contribution is -2.22. The summed E-state index contributed by atoms with van der Waals surface area (Å²) in [6.07, 6.45) is 4.08.